The molecule has 2 N–H and O–H groups in total. The number of carbonyl (C=O) groups excluding carboxylic acids is 1. The predicted molar refractivity (Wildman–Crippen MR) is 75.1 cm³/mol. The number of aromatic nitrogens is 1. The molecule has 1 amide bonds. The van der Waals surface area contributed by atoms with Crippen LogP contribution in [0.1, 0.15) is 46.5 Å². The van der Waals surface area contributed by atoms with Gasteiger partial charge in [-0.05, 0) is 12.8 Å². The van der Waals surface area contributed by atoms with E-state index in [1.54, 1.807) is 4.90 Å². The first-order chi connectivity index (χ1) is 10.3. The molecule has 0 spiro atoms. The van der Waals surface area contributed by atoms with Crippen LogP contribution in [0.25, 0.3) is 0 Å². The molecule has 0 bridgehead atoms. The summed E-state index contributed by atoms with van der Waals surface area (Å²) in [6, 6.07) is 0.590. The van der Waals surface area contributed by atoms with Gasteiger partial charge in [0.2, 0.25) is 5.91 Å². The predicted octanol–water partition coefficient (Wildman–Crippen LogP) is 0.428. The van der Waals surface area contributed by atoms with E-state index >= 15 is 0 Å². The zero-order valence-electron chi connectivity index (χ0n) is 12.0. The third-order valence-electron chi connectivity index (χ3n) is 3.84. The molecule has 118 valence electrons. The van der Waals surface area contributed by atoms with E-state index in [2.05, 4.69) is 0 Å². The Balaban J connectivity index is 2.35. The first kappa shape index (κ1) is 15.7. The number of hydrogen-bond donors (Lipinski definition) is 2. The highest BCUT2D eigenvalue weighted by Crippen LogP contribution is 2.22. The molecular formula is C14H16N2O6. The summed E-state index contributed by atoms with van der Waals surface area (Å²) in [5.41, 5.74) is -1.49. The molecule has 1 aromatic rings. The number of carboxylic acid groups (broad SMARTS) is 2. The fourth-order valence-electron chi connectivity index (χ4n) is 2.64. The number of carbonyl (C=O) groups is 3. The van der Waals surface area contributed by atoms with Crippen molar-refractivity contribution in [3.8, 4) is 0 Å². The molecule has 1 fully saturated rings. The van der Waals surface area contributed by atoms with Crippen LogP contribution < -0.4 is 5.56 Å². The highest BCUT2D eigenvalue weighted by atomic mass is 16.4. The molecule has 0 saturated carbocycles. The van der Waals surface area contributed by atoms with Crippen molar-refractivity contribution in [2.45, 2.75) is 25.8 Å². The molecular weight excluding hydrogens is 292 g/mol. The van der Waals surface area contributed by atoms with Crippen molar-refractivity contribution in [1.29, 1.82) is 0 Å². The number of pyridine rings is 1. The number of aromatic carboxylic acids is 2. The van der Waals surface area contributed by atoms with Gasteiger partial charge in [0.1, 0.15) is 0 Å². The van der Waals surface area contributed by atoms with E-state index in [9.17, 15) is 19.2 Å². The number of hydrogen-bond acceptors (Lipinski definition) is 4. The maximum absolute atomic E-state index is 12.1. The Kier molecular flexibility index (Phi) is 4.30. The van der Waals surface area contributed by atoms with Crippen molar-refractivity contribution in [1.82, 2.24) is 9.47 Å². The SMILES string of the molecule is CC(=O)N1CCC(n2cc(C(=O)O)c(C(=O)O)cc2=O)CC1. The summed E-state index contributed by atoms with van der Waals surface area (Å²) in [7, 11) is 0. The van der Waals surface area contributed by atoms with Crippen molar-refractivity contribution in [2.24, 2.45) is 0 Å². The summed E-state index contributed by atoms with van der Waals surface area (Å²) in [5, 5.41) is 18.1. The van der Waals surface area contributed by atoms with E-state index in [1.807, 2.05) is 0 Å². The second-order valence-corrected chi connectivity index (χ2v) is 5.19. The zero-order valence-corrected chi connectivity index (χ0v) is 12.0. The lowest BCUT2D eigenvalue weighted by Gasteiger charge is -2.32. The van der Waals surface area contributed by atoms with Crippen LogP contribution in [0.5, 0.6) is 0 Å². The first-order valence-electron chi connectivity index (χ1n) is 6.79. The Morgan fingerprint density at radius 2 is 1.64 bits per heavy atom. The number of piperidine rings is 1. The molecule has 0 atom stereocenters. The summed E-state index contributed by atoms with van der Waals surface area (Å²) in [6.45, 7) is 2.43. The summed E-state index contributed by atoms with van der Waals surface area (Å²) in [6.07, 6.45) is 2.12. The van der Waals surface area contributed by atoms with Crippen LogP contribution in [0.2, 0.25) is 0 Å². The summed E-state index contributed by atoms with van der Waals surface area (Å²) < 4.78 is 1.26. The van der Waals surface area contributed by atoms with E-state index in [0.29, 0.717) is 25.9 Å². The van der Waals surface area contributed by atoms with Gasteiger partial charge in [-0.2, -0.15) is 0 Å². The molecule has 0 aromatic carbocycles. The molecule has 8 nitrogen and oxygen atoms in total. The maximum atomic E-state index is 12.1. The first-order valence-corrected chi connectivity index (χ1v) is 6.79. The maximum Gasteiger partial charge on any atom is 0.338 e. The molecule has 1 aliphatic heterocycles. The van der Waals surface area contributed by atoms with Crippen LogP contribution in [0.15, 0.2) is 17.1 Å². The Labute approximate surface area is 125 Å². The van der Waals surface area contributed by atoms with Crippen LogP contribution in [-0.4, -0.2) is 50.6 Å². The smallest absolute Gasteiger partial charge is 0.338 e. The minimum absolute atomic E-state index is 0.0433. The van der Waals surface area contributed by atoms with Gasteiger partial charge in [-0.25, -0.2) is 9.59 Å². The quantitative estimate of drug-likeness (QED) is 0.836. The highest BCUT2D eigenvalue weighted by molar-refractivity contribution is 6.01. The molecule has 22 heavy (non-hydrogen) atoms. The fourth-order valence-corrected chi connectivity index (χ4v) is 2.64. The molecule has 8 heteroatoms. The monoisotopic (exact) mass is 308 g/mol. The second-order valence-electron chi connectivity index (χ2n) is 5.19. The van der Waals surface area contributed by atoms with Crippen LogP contribution in [0.3, 0.4) is 0 Å². The third-order valence-corrected chi connectivity index (χ3v) is 3.84. The lowest BCUT2D eigenvalue weighted by molar-refractivity contribution is -0.130. The number of nitrogens with zero attached hydrogens (tertiary/aromatic N) is 2. The highest BCUT2D eigenvalue weighted by Gasteiger charge is 2.25. The van der Waals surface area contributed by atoms with Gasteiger partial charge < -0.3 is 19.7 Å². The van der Waals surface area contributed by atoms with Gasteiger partial charge in [-0.15, -0.1) is 0 Å². The molecule has 2 heterocycles. The number of amides is 1. The van der Waals surface area contributed by atoms with Crippen molar-refractivity contribution >= 4 is 17.8 Å². The van der Waals surface area contributed by atoms with Gasteiger partial charge in [0.05, 0.1) is 11.1 Å². The van der Waals surface area contributed by atoms with Gasteiger partial charge >= 0.3 is 11.9 Å². The van der Waals surface area contributed by atoms with Gasteiger partial charge in [-0.3, -0.25) is 9.59 Å². The molecule has 0 aliphatic carbocycles. The Hall–Kier alpha value is -2.64. The van der Waals surface area contributed by atoms with Crippen molar-refractivity contribution < 1.29 is 24.6 Å². The molecule has 0 unspecified atom stereocenters. The minimum Gasteiger partial charge on any atom is -0.478 e. The average Bonchev–Trinajstić information content (AvgIpc) is 2.46. The molecule has 2 rings (SSSR count). The largest absolute Gasteiger partial charge is 0.478 e. The van der Waals surface area contributed by atoms with E-state index in [1.165, 1.54) is 11.5 Å². The van der Waals surface area contributed by atoms with Crippen LogP contribution >= 0.6 is 0 Å². The van der Waals surface area contributed by atoms with Crippen LogP contribution in [-0.2, 0) is 4.79 Å². The number of rotatable bonds is 3. The normalized spacial score (nSPS) is 15.6. The van der Waals surface area contributed by atoms with Crippen molar-refractivity contribution in [3.63, 3.8) is 0 Å². The van der Waals surface area contributed by atoms with Crippen LogP contribution in [0, 0.1) is 0 Å². The summed E-state index contributed by atoms with van der Waals surface area (Å²) >= 11 is 0. The molecule has 0 radical (unpaired) electrons. The van der Waals surface area contributed by atoms with Crippen molar-refractivity contribution in [3.05, 3.63) is 33.7 Å². The number of likely N-dealkylation sites (tertiary alicyclic amines) is 1. The Morgan fingerprint density at radius 3 is 2.09 bits per heavy atom. The van der Waals surface area contributed by atoms with E-state index in [4.69, 9.17) is 10.2 Å². The molecule has 1 saturated heterocycles. The zero-order chi connectivity index (χ0) is 16.4. The fraction of sp³-hybridized carbons (Fsp3) is 0.429. The summed E-state index contributed by atoms with van der Waals surface area (Å²) in [5.74, 6) is -2.89. The molecule has 1 aliphatic rings. The van der Waals surface area contributed by atoms with Gasteiger partial charge in [0.25, 0.3) is 5.56 Å². The lowest BCUT2D eigenvalue weighted by atomic mass is 10.0. The molecule has 1 aromatic heterocycles. The van der Waals surface area contributed by atoms with Crippen molar-refractivity contribution in [2.75, 3.05) is 13.1 Å². The minimum atomic E-state index is -1.45. The average molecular weight is 308 g/mol. The van der Waals surface area contributed by atoms with E-state index in [0.717, 1.165) is 12.3 Å². The Bertz CT molecular complexity index is 685. The van der Waals surface area contributed by atoms with Crippen LogP contribution in [0.4, 0.5) is 0 Å². The van der Waals surface area contributed by atoms with Gasteiger partial charge in [-0.1, -0.05) is 0 Å². The topological polar surface area (TPSA) is 117 Å². The van der Waals surface area contributed by atoms with E-state index in [-0.39, 0.29) is 11.9 Å². The number of carboxylic acids is 2. The van der Waals surface area contributed by atoms with Gasteiger partial charge in [0, 0.05) is 38.3 Å². The standard InChI is InChI=1S/C14H16N2O6/c1-8(17)15-4-2-9(3-5-15)16-7-11(14(21)22)10(13(19)20)6-12(16)18/h6-7,9H,2-5H2,1H3,(H,19,20)(H,21,22). The second kappa shape index (κ2) is 6.00. The summed E-state index contributed by atoms with van der Waals surface area (Å²) in [4.78, 5) is 47.2. The van der Waals surface area contributed by atoms with E-state index < -0.39 is 28.6 Å². The lowest BCUT2D eigenvalue weighted by Crippen LogP contribution is -2.40. The Morgan fingerprint density at radius 1 is 1.09 bits per heavy atom. The van der Waals surface area contributed by atoms with Gasteiger partial charge in [0.15, 0.2) is 0 Å². The third kappa shape index (κ3) is 3.00.